The van der Waals surface area contributed by atoms with Crippen LogP contribution in [0.3, 0.4) is 0 Å². The molecule has 2 aliphatic heterocycles. The third-order valence-corrected chi connectivity index (χ3v) is 5.48. The molecule has 27 heavy (non-hydrogen) atoms. The predicted molar refractivity (Wildman–Crippen MR) is 107 cm³/mol. The minimum Gasteiger partial charge on any atom is -0.384 e. The Morgan fingerprint density at radius 2 is 1.89 bits per heavy atom. The average molecular weight is 396 g/mol. The van der Waals surface area contributed by atoms with E-state index in [2.05, 4.69) is 10.6 Å². The first kappa shape index (κ1) is 21.7. The van der Waals surface area contributed by atoms with Crippen molar-refractivity contribution in [2.24, 2.45) is 5.41 Å². The van der Waals surface area contributed by atoms with Gasteiger partial charge in [0.2, 0.25) is 11.8 Å². The molecule has 2 heterocycles. The predicted octanol–water partition coefficient (Wildman–Crippen LogP) is 1.86. The molecule has 2 aliphatic rings. The van der Waals surface area contributed by atoms with E-state index in [1.807, 2.05) is 29.2 Å². The van der Waals surface area contributed by atoms with Crippen molar-refractivity contribution < 1.29 is 14.3 Å². The molecule has 0 aromatic heterocycles. The molecule has 7 heteroatoms. The van der Waals surface area contributed by atoms with E-state index in [0.717, 1.165) is 50.0 Å². The van der Waals surface area contributed by atoms with Gasteiger partial charge in [-0.3, -0.25) is 9.59 Å². The highest BCUT2D eigenvalue weighted by molar-refractivity contribution is 5.85. The Hall–Kier alpha value is -1.63. The van der Waals surface area contributed by atoms with Crippen LogP contribution in [0.1, 0.15) is 36.8 Å². The van der Waals surface area contributed by atoms with E-state index >= 15 is 0 Å². The van der Waals surface area contributed by atoms with Crippen LogP contribution in [0.4, 0.5) is 0 Å². The van der Waals surface area contributed by atoms with Gasteiger partial charge in [-0.05, 0) is 43.5 Å². The van der Waals surface area contributed by atoms with Crippen LogP contribution in [0.25, 0.3) is 0 Å². The topological polar surface area (TPSA) is 70.7 Å². The van der Waals surface area contributed by atoms with Gasteiger partial charge in [0, 0.05) is 33.2 Å². The van der Waals surface area contributed by atoms with Crippen molar-refractivity contribution in [3.8, 4) is 0 Å². The lowest BCUT2D eigenvalue weighted by Gasteiger charge is -2.35. The highest BCUT2D eigenvalue weighted by Gasteiger charge is 2.39. The summed E-state index contributed by atoms with van der Waals surface area (Å²) < 4.78 is 5.32. The minimum atomic E-state index is -0.421. The number of ether oxygens (including phenoxy) is 1. The van der Waals surface area contributed by atoms with Crippen LogP contribution in [0.5, 0.6) is 0 Å². The molecule has 150 valence electrons. The Bertz CT molecular complexity index is 624. The van der Waals surface area contributed by atoms with Crippen molar-refractivity contribution in [2.45, 2.75) is 38.8 Å². The quantitative estimate of drug-likeness (QED) is 0.739. The second-order valence-electron chi connectivity index (χ2n) is 7.38. The molecular weight excluding hydrogens is 366 g/mol. The van der Waals surface area contributed by atoms with Crippen molar-refractivity contribution in [3.05, 3.63) is 35.4 Å². The van der Waals surface area contributed by atoms with Crippen molar-refractivity contribution in [1.29, 1.82) is 0 Å². The van der Waals surface area contributed by atoms with Crippen LogP contribution in [0, 0.1) is 5.41 Å². The SMILES string of the molecule is COCC1(C(=O)NCc2ccc(CN3CCCC3=O)cc2)CCNCC1.Cl. The summed E-state index contributed by atoms with van der Waals surface area (Å²) in [6.07, 6.45) is 3.23. The number of benzene rings is 1. The summed E-state index contributed by atoms with van der Waals surface area (Å²) in [5, 5.41) is 6.38. The average Bonchev–Trinajstić information content (AvgIpc) is 3.06. The summed E-state index contributed by atoms with van der Waals surface area (Å²) in [5.41, 5.74) is 1.77. The molecule has 3 rings (SSSR count). The Morgan fingerprint density at radius 1 is 1.22 bits per heavy atom. The van der Waals surface area contributed by atoms with Crippen molar-refractivity contribution in [1.82, 2.24) is 15.5 Å². The second-order valence-corrected chi connectivity index (χ2v) is 7.38. The van der Waals surface area contributed by atoms with E-state index in [0.29, 0.717) is 26.1 Å². The number of hydrogen-bond donors (Lipinski definition) is 2. The molecule has 0 unspecified atom stereocenters. The number of piperidine rings is 1. The Kier molecular flexibility index (Phi) is 8.07. The zero-order valence-electron chi connectivity index (χ0n) is 16.0. The monoisotopic (exact) mass is 395 g/mol. The molecule has 1 aromatic carbocycles. The van der Waals surface area contributed by atoms with Crippen molar-refractivity contribution in [3.63, 3.8) is 0 Å². The molecule has 0 atom stereocenters. The number of nitrogens with one attached hydrogen (secondary N) is 2. The van der Waals surface area contributed by atoms with Gasteiger partial charge in [-0.1, -0.05) is 24.3 Å². The first-order chi connectivity index (χ1) is 12.6. The molecule has 0 aliphatic carbocycles. The molecule has 2 amide bonds. The third-order valence-electron chi connectivity index (χ3n) is 5.48. The fourth-order valence-electron chi connectivity index (χ4n) is 3.84. The molecule has 2 N–H and O–H groups in total. The van der Waals surface area contributed by atoms with Crippen LogP contribution in [0.15, 0.2) is 24.3 Å². The van der Waals surface area contributed by atoms with Gasteiger partial charge >= 0.3 is 0 Å². The van der Waals surface area contributed by atoms with Crippen LogP contribution in [0.2, 0.25) is 0 Å². The fourth-order valence-corrected chi connectivity index (χ4v) is 3.84. The van der Waals surface area contributed by atoms with E-state index in [1.54, 1.807) is 7.11 Å². The van der Waals surface area contributed by atoms with Crippen molar-refractivity contribution in [2.75, 3.05) is 33.4 Å². The fraction of sp³-hybridized carbons (Fsp3) is 0.600. The number of carbonyl (C=O) groups is 2. The number of hydrogen-bond acceptors (Lipinski definition) is 4. The van der Waals surface area contributed by atoms with Gasteiger partial charge in [-0.25, -0.2) is 0 Å². The summed E-state index contributed by atoms with van der Waals surface area (Å²) in [6.45, 7) is 4.20. The number of amides is 2. The van der Waals surface area contributed by atoms with Crippen molar-refractivity contribution >= 4 is 24.2 Å². The van der Waals surface area contributed by atoms with Gasteiger partial charge in [0.15, 0.2) is 0 Å². The minimum absolute atomic E-state index is 0. The van der Waals surface area contributed by atoms with Crippen LogP contribution in [-0.2, 0) is 27.4 Å². The number of rotatable bonds is 7. The lowest BCUT2D eigenvalue weighted by molar-refractivity contribution is -0.136. The lowest BCUT2D eigenvalue weighted by Crippen LogP contribution is -2.49. The van der Waals surface area contributed by atoms with Gasteiger partial charge in [-0.2, -0.15) is 0 Å². The van der Waals surface area contributed by atoms with E-state index in [4.69, 9.17) is 4.74 Å². The summed E-state index contributed by atoms with van der Waals surface area (Å²) in [5.74, 6) is 0.319. The number of nitrogens with zero attached hydrogens (tertiary/aromatic N) is 1. The van der Waals surface area contributed by atoms with Crippen LogP contribution >= 0.6 is 12.4 Å². The Morgan fingerprint density at radius 3 is 2.48 bits per heavy atom. The molecule has 2 saturated heterocycles. The maximum absolute atomic E-state index is 12.8. The van der Waals surface area contributed by atoms with Gasteiger partial charge in [-0.15, -0.1) is 12.4 Å². The van der Waals surface area contributed by atoms with Gasteiger partial charge in [0.05, 0.1) is 12.0 Å². The number of halogens is 1. The standard InChI is InChI=1S/C20H29N3O3.ClH/c1-26-15-20(8-10-21-11-9-20)19(25)22-13-16-4-6-17(7-5-16)14-23-12-2-3-18(23)24;/h4-7,21H,2-3,8-15H2,1H3,(H,22,25);1H. The van der Waals surface area contributed by atoms with Gasteiger partial charge in [0.1, 0.15) is 0 Å². The molecular formula is C20H30ClN3O3. The highest BCUT2D eigenvalue weighted by atomic mass is 35.5. The summed E-state index contributed by atoms with van der Waals surface area (Å²) >= 11 is 0. The number of methoxy groups -OCH3 is 1. The molecule has 2 fully saturated rings. The van der Waals surface area contributed by atoms with E-state index < -0.39 is 5.41 Å². The van der Waals surface area contributed by atoms with Gasteiger partial charge < -0.3 is 20.3 Å². The molecule has 6 nitrogen and oxygen atoms in total. The summed E-state index contributed by atoms with van der Waals surface area (Å²) in [7, 11) is 1.65. The maximum Gasteiger partial charge on any atom is 0.228 e. The van der Waals surface area contributed by atoms with E-state index in [1.165, 1.54) is 0 Å². The second kappa shape index (κ2) is 10.1. The van der Waals surface area contributed by atoms with E-state index in [9.17, 15) is 9.59 Å². The zero-order valence-corrected chi connectivity index (χ0v) is 16.8. The first-order valence-electron chi connectivity index (χ1n) is 9.46. The molecule has 0 radical (unpaired) electrons. The molecule has 0 saturated carbocycles. The third kappa shape index (κ3) is 5.43. The summed E-state index contributed by atoms with van der Waals surface area (Å²) in [6, 6.07) is 8.15. The first-order valence-corrected chi connectivity index (χ1v) is 9.46. The molecule has 0 bridgehead atoms. The van der Waals surface area contributed by atoms with E-state index in [-0.39, 0.29) is 24.2 Å². The van der Waals surface area contributed by atoms with Crippen LogP contribution in [-0.4, -0.2) is 50.1 Å². The van der Waals surface area contributed by atoms with Gasteiger partial charge in [0.25, 0.3) is 0 Å². The smallest absolute Gasteiger partial charge is 0.228 e. The molecule has 0 spiro atoms. The van der Waals surface area contributed by atoms with Crippen LogP contribution < -0.4 is 10.6 Å². The lowest BCUT2D eigenvalue weighted by atomic mass is 9.78. The summed E-state index contributed by atoms with van der Waals surface area (Å²) in [4.78, 5) is 26.4. The normalized spacial score (nSPS) is 18.9. The molecule has 1 aromatic rings. The Labute approximate surface area is 167 Å². The Balaban J connectivity index is 0.00000261. The number of carbonyl (C=O) groups excluding carboxylic acids is 2. The highest BCUT2D eigenvalue weighted by Crippen LogP contribution is 2.29. The zero-order chi connectivity index (χ0) is 18.4. The largest absolute Gasteiger partial charge is 0.384 e. The maximum atomic E-state index is 12.8. The number of likely N-dealkylation sites (tertiary alicyclic amines) is 1.